The molecule has 1 aliphatic heterocycles. The van der Waals surface area contributed by atoms with Crippen molar-refractivity contribution in [1.82, 2.24) is 0 Å². The maximum atomic E-state index is 10.4. The Morgan fingerprint density at radius 3 is 2.67 bits per heavy atom. The van der Waals surface area contributed by atoms with Crippen LogP contribution in [-0.2, 0) is 13.3 Å². The van der Waals surface area contributed by atoms with E-state index in [0.717, 1.165) is 0 Å². The molecule has 3 nitrogen and oxygen atoms in total. The van der Waals surface area contributed by atoms with Gasteiger partial charge < -0.3 is 4.18 Å². The Hall–Kier alpha value is -0.600. The van der Waals surface area contributed by atoms with E-state index in [1.54, 1.807) is 0 Å². The average molecular weight is 162 g/mol. The van der Waals surface area contributed by atoms with Crippen molar-refractivity contribution >= 4 is 19.9 Å². The minimum absolute atomic E-state index is 0.0556. The van der Waals surface area contributed by atoms with Gasteiger partial charge in [0.25, 0.3) is 0 Å². The Morgan fingerprint density at radius 2 is 2.44 bits per heavy atom. The van der Waals surface area contributed by atoms with E-state index in [1.165, 1.54) is 5.41 Å². The van der Waals surface area contributed by atoms with Gasteiger partial charge in [0.2, 0.25) is 5.76 Å². The van der Waals surface area contributed by atoms with Crippen molar-refractivity contribution in [3.8, 4) is 12.3 Å². The molecule has 0 spiro atoms. The second-order valence-corrected chi connectivity index (χ2v) is 4.43. The fraction of sp³-hybridized carbons (Fsp3) is 0. The van der Waals surface area contributed by atoms with Gasteiger partial charge in [-0.05, 0) is 5.92 Å². The standard InChI is InChI=1S/C4H2O3S2/c1-2-4-3-8-9(5,6)7-4/h1,3H. The van der Waals surface area contributed by atoms with Crippen LogP contribution in [0.3, 0.4) is 0 Å². The Kier molecular flexibility index (Phi) is 1.43. The van der Waals surface area contributed by atoms with E-state index in [0.29, 0.717) is 10.8 Å². The first-order valence-electron chi connectivity index (χ1n) is 1.93. The summed E-state index contributed by atoms with van der Waals surface area (Å²) >= 11 is 0. The molecule has 48 valence electrons. The normalized spacial score (nSPS) is 21.9. The molecule has 0 bridgehead atoms. The molecule has 9 heavy (non-hydrogen) atoms. The quantitative estimate of drug-likeness (QED) is 0.383. The molecular formula is C4H2O3S2. The van der Waals surface area contributed by atoms with Crippen molar-refractivity contribution in [2.75, 3.05) is 0 Å². The van der Waals surface area contributed by atoms with E-state index in [-0.39, 0.29) is 5.76 Å². The van der Waals surface area contributed by atoms with Crippen LogP contribution in [0.1, 0.15) is 0 Å². The van der Waals surface area contributed by atoms with Gasteiger partial charge in [0.1, 0.15) is 0 Å². The minimum atomic E-state index is -3.43. The Morgan fingerprint density at radius 1 is 1.78 bits per heavy atom. The van der Waals surface area contributed by atoms with Gasteiger partial charge in [0, 0.05) is 16.2 Å². The fourth-order valence-corrected chi connectivity index (χ4v) is 2.00. The third-order valence-corrected chi connectivity index (χ3v) is 2.74. The van der Waals surface area contributed by atoms with Gasteiger partial charge in [-0.25, -0.2) is 0 Å². The van der Waals surface area contributed by atoms with Crippen LogP contribution in [0, 0.1) is 12.3 Å². The lowest BCUT2D eigenvalue weighted by Gasteiger charge is -1.89. The van der Waals surface area contributed by atoms with Crippen molar-refractivity contribution in [3.05, 3.63) is 11.2 Å². The molecule has 0 saturated heterocycles. The Labute approximate surface area is 56.6 Å². The monoisotopic (exact) mass is 162 g/mol. The van der Waals surface area contributed by atoms with Gasteiger partial charge in [-0.3, -0.25) is 0 Å². The highest BCUT2D eigenvalue weighted by molar-refractivity contribution is 8.71. The van der Waals surface area contributed by atoms with Gasteiger partial charge in [-0.2, -0.15) is 8.42 Å². The summed E-state index contributed by atoms with van der Waals surface area (Å²) in [4.78, 5) is 0. The number of rotatable bonds is 0. The van der Waals surface area contributed by atoms with Gasteiger partial charge in [0.15, 0.2) is 0 Å². The molecule has 0 atom stereocenters. The molecule has 0 N–H and O–H groups in total. The first-order chi connectivity index (χ1) is 4.14. The molecule has 0 aliphatic carbocycles. The minimum Gasteiger partial charge on any atom is -0.364 e. The number of terminal acetylenes is 1. The average Bonchev–Trinajstić information content (AvgIpc) is 2.10. The lowest BCUT2D eigenvalue weighted by atomic mass is 10.6. The molecule has 1 heterocycles. The van der Waals surface area contributed by atoms with E-state index >= 15 is 0 Å². The van der Waals surface area contributed by atoms with E-state index in [9.17, 15) is 8.42 Å². The maximum absolute atomic E-state index is 10.4. The molecule has 0 saturated carbocycles. The summed E-state index contributed by atoms with van der Waals surface area (Å²) in [5, 5.41) is 1.27. The third-order valence-electron chi connectivity index (χ3n) is 0.607. The topological polar surface area (TPSA) is 43.4 Å². The zero-order valence-electron chi connectivity index (χ0n) is 4.20. The Balaban J connectivity index is 2.87. The van der Waals surface area contributed by atoms with Crippen LogP contribution < -0.4 is 0 Å². The molecular weight excluding hydrogens is 160 g/mol. The van der Waals surface area contributed by atoms with Crippen LogP contribution in [0.2, 0.25) is 0 Å². The van der Waals surface area contributed by atoms with E-state index in [2.05, 4.69) is 10.1 Å². The number of hydrogen-bond donors (Lipinski definition) is 0. The predicted molar refractivity (Wildman–Crippen MR) is 34.5 cm³/mol. The molecule has 0 unspecified atom stereocenters. The van der Waals surface area contributed by atoms with Crippen LogP contribution >= 0.6 is 10.8 Å². The maximum Gasteiger partial charge on any atom is 0.371 e. The molecule has 0 radical (unpaired) electrons. The summed E-state index contributed by atoms with van der Waals surface area (Å²) in [6, 6.07) is 0. The van der Waals surface area contributed by atoms with Crippen LogP contribution in [0.25, 0.3) is 0 Å². The van der Waals surface area contributed by atoms with Gasteiger partial charge in [0.05, 0.1) is 0 Å². The zero-order valence-corrected chi connectivity index (χ0v) is 5.83. The Bertz CT molecular complexity index is 279. The molecule has 0 fully saturated rings. The first-order valence-corrected chi connectivity index (χ1v) is 4.74. The summed E-state index contributed by atoms with van der Waals surface area (Å²) in [7, 11) is -2.85. The second-order valence-electron chi connectivity index (χ2n) is 1.21. The molecule has 0 aromatic carbocycles. The molecule has 0 aromatic rings. The van der Waals surface area contributed by atoms with Crippen molar-refractivity contribution in [3.63, 3.8) is 0 Å². The van der Waals surface area contributed by atoms with Crippen LogP contribution in [0.4, 0.5) is 0 Å². The lowest BCUT2D eigenvalue weighted by Crippen LogP contribution is -1.90. The number of hydrogen-bond acceptors (Lipinski definition) is 4. The summed E-state index contributed by atoms with van der Waals surface area (Å²) < 4.78 is 25.0. The number of allylic oxidation sites excluding steroid dienone is 1. The fourth-order valence-electron chi connectivity index (χ4n) is 0.310. The van der Waals surface area contributed by atoms with Gasteiger partial charge in [-0.1, -0.05) is 0 Å². The largest absolute Gasteiger partial charge is 0.371 e. The van der Waals surface area contributed by atoms with Crippen molar-refractivity contribution in [2.45, 2.75) is 0 Å². The first kappa shape index (κ1) is 6.52. The highest BCUT2D eigenvalue weighted by Crippen LogP contribution is 2.27. The SMILES string of the molecule is C#CC1=CSS(=O)(=O)O1. The van der Waals surface area contributed by atoms with Crippen LogP contribution in [0.15, 0.2) is 11.2 Å². The molecule has 0 aromatic heterocycles. The van der Waals surface area contributed by atoms with Crippen LogP contribution in [-0.4, -0.2) is 8.42 Å². The predicted octanol–water partition coefficient (Wildman–Crippen LogP) is 0.469. The van der Waals surface area contributed by atoms with Crippen molar-refractivity contribution in [2.24, 2.45) is 0 Å². The van der Waals surface area contributed by atoms with Crippen molar-refractivity contribution < 1.29 is 12.6 Å². The summed E-state index contributed by atoms with van der Waals surface area (Å²) in [6.45, 7) is 0. The highest BCUT2D eigenvalue weighted by Gasteiger charge is 2.20. The smallest absolute Gasteiger partial charge is 0.364 e. The second kappa shape index (κ2) is 1.97. The van der Waals surface area contributed by atoms with Gasteiger partial charge >= 0.3 is 9.15 Å². The summed E-state index contributed by atoms with van der Waals surface area (Å²) in [6.07, 6.45) is 4.83. The van der Waals surface area contributed by atoms with Gasteiger partial charge in [-0.15, -0.1) is 6.42 Å². The van der Waals surface area contributed by atoms with Crippen LogP contribution in [0.5, 0.6) is 0 Å². The zero-order chi connectivity index (χ0) is 6.91. The molecule has 0 amide bonds. The summed E-state index contributed by atoms with van der Waals surface area (Å²) in [5.41, 5.74) is 0. The van der Waals surface area contributed by atoms with E-state index < -0.39 is 9.15 Å². The highest BCUT2D eigenvalue weighted by atomic mass is 33.1. The molecule has 1 aliphatic rings. The molecule has 1 rings (SSSR count). The lowest BCUT2D eigenvalue weighted by molar-refractivity contribution is 0.445. The third kappa shape index (κ3) is 1.40. The van der Waals surface area contributed by atoms with E-state index in [1.807, 2.05) is 0 Å². The van der Waals surface area contributed by atoms with E-state index in [4.69, 9.17) is 6.42 Å². The summed E-state index contributed by atoms with van der Waals surface area (Å²) in [5.74, 6) is 2.11. The van der Waals surface area contributed by atoms with Crippen molar-refractivity contribution in [1.29, 1.82) is 0 Å². The molecule has 5 heteroatoms.